The number of pyridine rings is 1. The van der Waals surface area contributed by atoms with E-state index in [-0.39, 0.29) is 13.1 Å². The van der Waals surface area contributed by atoms with Gasteiger partial charge in [0.05, 0.1) is 6.54 Å². The van der Waals surface area contributed by atoms with Crippen LogP contribution in [0.3, 0.4) is 0 Å². The Hall–Kier alpha value is -2.47. The van der Waals surface area contributed by atoms with Gasteiger partial charge in [0, 0.05) is 23.9 Å². The third-order valence-corrected chi connectivity index (χ3v) is 3.13. The molecule has 2 N–H and O–H groups in total. The Labute approximate surface area is 113 Å². The number of halogens is 1. The van der Waals surface area contributed by atoms with Crippen molar-refractivity contribution in [2.45, 2.75) is 13.1 Å². The second-order valence-electron chi connectivity index (χ2n) is 4.37. The van der Waals surface area contributed by atoms with Crippen molar-refractivity contribution in [2.24, 2.45) is 5.73 Å². The van der Waals surface area contributed by atoms with Gasteiger partial charge in [0.1, 0.15) is 5.82 Å². The molecule has 20 heavy (non-hydrogen) atoms. The minimum Gasteiger partial charge on any atom is -0.406 e. The summed E-state index contributed by atoms with van der Waals surface area (Å²) in [5, 5.41) is 0. The van der Waals surface area contributed by atoms with Crippen LogP contribution in [0.15, 0.2) is 45.7 Å². The van der Waals surface area contributed by atoms with Crippen molar-refractivity contribution < 1.29 is 8.81 Å². The normalized spacial score (nSPS) is 11.1. The summed E-state index contributed by atoms with van der Waals surface area (Å²) in [5.74, 6) is -0.955. The number of nitrogens with two attached hydrogens (primary N) is 1. The van der Waals surface area contributed by atoms with Crippen LogP contribution in [0.4, 0.5) is 4.39 Å². The Bertz CT molecular complexity index is 823. The summed E-state index contributed by atoms with van der Waals surface area (Å²) in [6, 6.07) is 8.26. The number of nitrogens with zero attached hydrogens (tertiary/aromatic N) is 2. The molecule has 0 amide bonds. The predicted octanol–water partition coefficient (Wildman–Crippen LogP) is 1.64. The molecule has 0 bridgehead atoms. The lowest BCUT2D eigenvalue weighted by molar-refractivity contribution is 0.510. The van der Waals surface area contributed by atoms with Gasteiger partial charge in [0.2, 0.25) is 0 Å². The molecule has 0 fully saturated rings. The van der Waals surface area contributed by atoms with Crippen molar-refractivity contribution in [3.8, 4) is 0 Å². The number of aromatic nitrogens is 2. The molecule has 0 aliphatic rings. The molecule has 0 saturated heterocycles. The van der Waals surface area contributed by atoms with Gasteiger partial charge in [-0.2, -0.15) is 0 Å². The molecule has 2 aromatic heterocycles. The Balaban J connectivity index is 2.10. The summed E-state index contributed by atoms with van der Waals surface area (Å²) < 4.78 is 20.5. The Morgan fingerprint density at radius 3 is 2.85 bits per heavy atom. The molecule has 102 valence electrons. The third-order valence-electron chi connectivity index (χ3n) is 3.13. The summed E-state index contributed by atoms with van der Waals surface area (Å²) in [6.45, 7) is 0.168. The fourth-order valence-corrected chi connectivity index (χ4v) is 2.12. The molecule has 3 rings (SSSR count). The number of rotatable bonds is 3. The zero-order valence-corrected chi connectivity index (χ0v) is 10.5. The average molecular weight is 273 g/mol. The minimum absolute atomic E-state index is 0.0581. The van der Waals surface area contributed by atoms with Crippen LogP contribution in [0.25, 0.3) is 11.2 Å². The number of oxazole rings is 1. The lowest BCUT2D eigenvalue weighted by Gasteiger charge is -2.07. The lowest BCUT2D eigenvalue weighted by Crippen LogP contribution is -2.17. The van der Waals surface area contributed by atoms with Crippen LogP contribution in [0.5, 0.6) is 0 Å². The van der Waals surface area contributed by atoms with Crippen LogP contribution in [0, 0.1) is 5.82 Å². The first kappa shape index (κ1) is 12.6. The molecule has 2 heterocycles. The van der Waals surface area contributed by atoms with E-state index in [1.54, 1.807) is 36.5 Å². The molecule has 6 heteroatoms. The first-order valence-corrected chi connectivity index (χ1v) is 6.11. The van der Waals surface area contributed by atoms with Crippen LogP contribution < -0.4 is 11.5 Å². The van der Waals surface area contributed by atoms with Crippen LogP contribution in [0.2, 0.25) is 0 Å². The number of hydrogen-bond acceptors (Lipinski definition) is 4. The van der Waals surface area contributed by atoms with Crippen LogP contribution in [0.1, 0.15) is 11.1 Å². The molecule has 0 unspecified atom stereocenters. The molecular formula is C14H12FN3O2. The van der Waals surface area contributed by atoms with Crippen molar-refractivity contribution in [1.29, 1.82) is 0 Å². The second kappa shape index (κ2) is 4.90. The van der Waals surface area contributed by atoms with Gasteiger partial charge in [-0.25, -0.2) is 14.2 Å². The van der Waals surface area contributed by atoms with Gasteiger partial charge < -0.3 is 10.2 Å². The molecule has 0 saturated carbocycles. The quantitative estimate of drug-likeness (QED) is 0.787. The highest BCUT2D eigenvalue weighted by Crippen LogP contribution is 2.16. The SMILES string of the molecule is NCc1cccc(Cn2c(=O)oc3cccnc32)c1F. The van der Waals surface area contributed by atoms with Gasteiger partial charge in [-0.15, -0.1) is 0 Å². The molecule has 5 nitrogen and oxygen atoms in total. The molecule has 0 aliphatic heterocycles. The largest absolute Gasteiger partial charge is 0.421 e. The maximum Gasteiger partial charge on any atom is 0.421 e. The minimum atomic E-state index is -0.559. The monoisotopic (exact) mass is 273 g/mol. The highest BCUT2D eigenvalue weighted by molar-refractivity contribution is 5.67. The molecule has 0 radical (unpaired) electrons. The molecule has 3 aromatic rings. The summed E-state index contributed by atoms with van der Waals surface area (Å²) in [7, 11) is 0. The van der Waals surface area contributed by atoms with Crippen molar-refractivity contribution in [2.75, 3.05) is 0 Å². The van der Waals surface area contributed by atoms with Crippen molar-refractivity contribution in [3.05, 3.63) is 64.0 Å². The highest BCUT2D eigenvalue weighted by Gasteiger charge is 2.13. The summed E-state index contributed by atoms with van der Waals surface area (Å²) >= 11 is 0. The van der Waals surface area contributed by atoms with Gasteiger partial charge in [-0.05, 0) is 12.1 Å². The molecule has 1 aromatic carbocycles. The molecular weight excluding hydrogens is 261 g/mol. The Kier molecular flexibility index (Phi) is 3.08. The Morgan fingerprint density at radius 2 is 2.05 bits per heavy atom. The topological polar surface area (TPSA) is 74.0 Å². The maximum atomic E-state index is 14.2. The summed E-state index contributed by atoms with van der Waals surface area (Å²) in [4.78, 5) is 15.9. The van der Waals surface area contributed by atoms with Crippen LogP contribution in [-0.4, -0.2) is 9.55 Å². The number of hydrogen-bond donors (Lipinski definition) is 1. The standard InChI is InChI=1S/C14H12FN3O2/c15-12-9(7-16)3-1-4-10(12)8-18-13-11(20-14(18)19)5-2-6-17-13/h1-6H,7-8,16H2. The van der Waals surface area contributed by atoms with Gasteiger partial charge in [0.15, 0.2) is 11.2 Å². The maximum absolute atomic E-state index is 14.2. The second-order valence-corrected chi connectivity index (χ2v) is 4.37. The summed E-state index contributed by atoms with van der Waals surface area (Å²) in [6.07, 6.45) is 1.56. The zero-order valence-electron chi connectivity index (χ0n) is 10.5. The van der Waals surface area contributed by atoms with Gasteiger partial charge in [-0.1, -0.05) is 18.2 Å². The van der Waals surface area contributed by atoms with E-state index >= 15 is 0 Å². The van der Waals surface area contributed by atoms with Crippen molar-refractivity contribution in [3.63, 3.8) is 0 Å². The van der Waals surface area contributed by atoms with Gasteiger partial charge in [0.25, 0.3) is 0 Å². The fourth-order valence-electron chi connectivity index (χ4n) is 2.12. The number of benzene rings is 1. The fraction of sp³-hybridized carbons (Fsp3) is 0.143. The summed E-state index contributed by atoms with van der Waals surface area (Å²) in [5.41, 5.74) is 7.05. The van der Waals surface area contributed by atoms with E-state index < -0.39 is 11.6 Å². The van der Waals surface area contributed by atoms with Crippen LogP contribution >= 0.6 is 0 Å². The zero-order chi connectivity index (χ0) is 14.1. The lowest BCUT2D eigenvalue weighted by atomic mass is 10.1. The van der Waals surface area contributed by atoms with E-state index in [1.165, 1.54) is 4.57 Å². The highest BCUT2D eigenvalue weighted by atomic mass is 19.1. The first-order valence-electron chi connectivity index (χ1n) is 6.11. The average Bonchev–Trinajstić information content (AvgIpc) is 2.77. The molecule has 0 aliphatic carbocycles. The molecule has 0 spiro atoms. The van der Waals surface area contributed by atoms with Gasteiger partial charge >= 0.3 is 5.76 Å². The third kappa shape index (κ3) is 2.00. The number of fused-ring (bicyclic) bond motifs is 1. The van der Waals surface area contributed by atoms with Crippen molar-refractivity contribution in [1.82, 2.24) is 9.55 Å². The van der Waals surface area contributed by atoms with E-state index in [1.807, 2.05) is 0 Å². The van der Waals surface area contributed by atoms with Gasteiger partial charge in [-0.3, -0.25) is 4.57 Å². The van der Waals surface area contributed by atoms with Crippen LogP contribution in [-0.2, 0) is 13.1 Å². The van der Waals surface area contributed by atoms with E-state index in [4.69, 9.17) is 10.2 Å². The predicted molar refractivity (Wildman–Crippen MR) is 71.7 cm³/mol. The smallest absolute Gasteiger partial charge is 0.406 e. The van der Waals surface area contributed by atoms with E-state index in [0.29, 0.717) is 22.4 Å². The Morgan fingerprint density at radius 1 is 1.25 bits per heavy atom. The van der Waals surface area contributed by atoms with E-state index in [2.05, 4.69) is 4.98 Å². The van der Waals surface area contributed by atoms with E-state index in [9.17, 15) is 9.18 Å². The van der Waals surface area contributed by atoms with Crippen molar-refractivity contribution >= 4 is 11.2 Å². The van der Waals surface area contributed by atoms with E-state index in [0.717, 1.165) is 0 Å². The molecule has 0 atom stereocenters. The first-order chi connectivity index (χ1) is 9.70.